The molecular formula is C12H15N3O. The molecule has 3 heterocycles. The highest BCUT2D eigenvalue weighted by molar-refractivity contribution is 5.74. The van der Waals surface area contributed by atoms with Gasteiger partial charge in [0.1, 0.15) is 5.82 Å². The zero-order valence-corrected chi connectivity index (χ0v) is 9.36. The summed E-state index contributed by atoms with van der Waals surface area (Å²) in [4.78, 5) is 12.1. The van der Waals surface area contributed by atoms with Crippen LogP contribution in [0.2, 0.25) is 0 Å². The second-order valence-electron chi connectivity index (χ2n) is 4.35. The van der Waals surface area contributed by atoms with Crippen LogP contribution in [0.5, 0.6) is 0 Å². The largest absolute Gasteiger partial charge is 0.378 e. The van der Waals surface area contributed by atoms with Crippen molar-refractivity contribution in [3.05, 3.63) is 23.7 Å². The summed E-state index contributed by atoms with van der Waals surface area (Å²) in [5, 5.41) is 0. The molecule has 1 aliphatic rings. The van der Waals surface area contributed by atoms with Crippen LogP contribution in [0.3, 0.4) is 0 Å². The monoisotopic (exact) mass is 217 g/mol. The Balaban J connectivity index is 1.90. The van der Waals surface area contributed by atoms with Crippen molar-refractivity contribution in [3.63, 3.8) is 0 Å². The van der Waals surface area contributed by atoms with Crippen molar-refractivity contribution in [1.29, 1.82) is 0 Å². The number of pyridine rings is 1. The minimum Gasteiger partial charge on any atom is -0.378 e. The van der Waals surface area contributed by atoms with E-state index in [2.05, 4.69) is 21.9 Å². The molecule has 16 heavy (non-hydrogen) atoms. The summed E-state index contributed by atoms with van der Waals surface area (Å²) in [5.41, 5.74) is 3.06. The standard InChI is InChI=1S/C12H15N3O/c1-8-4-5-13-12-11(8)14-10(15-12)7-9-3-2-6-16-9/h4-5,9H,2-3,6-7H2,1H3,(H,13,14,15). The zero-order chi connectivity index (χ0) is 11.0. The minimum absolute atomic E-state index is 0.334. The number of aromatic nitrogens is 3. The average molecular weight is 217 g/mol. The first-order valence-electron chi connectivity index (χ1n) is 5.75. The van der Waals surface area contributed by atoms with Crippen molar-refractivity contribution in [3.8, 4) is 0 Å². The molecule has 0 radical (unpaired) electrons. The van der Waals surface area contributed by atoms with E-state index in [9.17, 15) is 0 Å². The molecule has 4 nitrogen and oxygen atoms in total. The van der Waals surface area contributed by atoms with Crippen LogP contribution in [-0.4, -0.2) is 27.7 Å². The van der Waals surface area contributed by atoms with Crippen molar-refractivity contribution in [2.24, 2.45) is 0 Å². The first-order chi connectivity index (χ1) is 7.83. The van der Waals surface area contributed by atoms with Crippen LogP contribution in [0, 0.1) is 6.92 Å². The van der Waals surface area contributed by atoms with E-state index in [0.717, 1.165) is 36.4 Å². The van der Waals surface area contributed by atoms with Gasteiger partial charge in [-0.2, -0.15) is 0 Å². The van der Waals surface area contributed by atoms with Crippen molar-refractivity contribution in [2.75, 3.05) is 6.61 Å². The molecule has 0 aliphatic carbocycles. The third-order valence-corrected chi connectivity index (χ3v) is 3.09. The maximum atomic E-state index is 5.60. The van der Waals surface area contributed by atoms with Crippen molar-refractivity contribution in [2.45, 2.75) is 32.3 Å². The maximum Gasteiger partial charge on any atom is 0.177 e. The van der Waals surface area contributed by atoms with Gasteiger partial charge in [0.2, 0.25) is 0 Å². The molecular weight excluding hydrogens is 202 g/mol. The zero-order valence-electron chi connectivity index (χ0n) is 9.36. The van der Waals surface area contributed by atoms with Crippen molar-refractivity contribution < 1.29 is 4.74 Å². The summed E-state index contributed by atoms with van der Waals surface area (Å²) in [6, 6.07) is 2.00. The third kappa shape index (κ3) is 1.69. The number of aryl methyl sites for hydroxylation is 1. The number of nitrogens with one attached hydrogen (secondary N) is 1. The van der Waals surface area contributed by atoms with E-state index in [1.54, 1.807) is 6.20 Å². The number of nitrogens with zero attached hydrogens (tertiary/aromatic N) is 2. The molecule has 1 atom stereocenters. The Kier molecular flexibility index (Phi) is 2.36. The number of rotatable bonds is 2. The summed E-state index contributed by atoms with van der Waals surface area (Å²) >= 11 is 0. The molecule has 0 amide bonds. The van der Waals surface area contributed by atoms with Gasteiger partial charge in [0.25, 0.3) is 0 Å². The van der Waals surface area contributed by atoms with E-state index < -0.39 is 0 Å². The summed E-state index contributed by atoms with van der Waals surface area (Å²) in [7, 11) is 0. The van der Waals surface area contributed by atoms with E-state index in [4.69, 9.17) is 4.74 Å². The van der Waals surface area contributed by atoms with Gasteiger partial charge in [-0.25, -0.2) is 9.97 Å². The minimum atomic E-state index is 0.334. The highest BCUT2D eigenvalue weighted by atomic mass is 16.5. The summed E-state index contributed by atoms with van der Waals surface area (Å²) in [6.45, 7) is 2.96. The van der Waals surface area contributed by atoms with E-state index in [0.29, 0.717) is 6.10 Å². The molecule has 1 unspecified atom stereocenters. The molecule has 1 saturated heterocycles. The van der Waals surface area contributed by atoms with Crippen LogP contribution >= 0.6 is 0 Å². The Labute approximate surface area is 94.1 Å². The van der Waals surface area contributed by atoms with Gasteiger partial charge < -0.3 is 9.72 Å². The number of hydrogen-bond acceptors (Lipinski definition) is 3. The van der Waals surface area contributed by atoms with Crippen LogP contribution in [-0.2, 0) is 11.2 Å². The molecule has 3 rings (SSSR count). The molecule has 2 aromatic rings. The Bertz CT molecular complexity index is 500. The fourth-order valence-electron chi connectivity index (χ4n) is 2.20. The predicted molar refractivity (Wildman–Crippen MR) is 61.3 cm³/mol. The molecule has 1 aliphatic heterocycles. The van der Waals surface area contributed by atoms with Gasteiger partial charge in [-0.1, -0.05) is 0 Å². The van der Waals surface area contributed by atoms with Crippen LogP contribution in [0.25, 0.3) is 11.2 Å². The van der Waals surface area contributed by atoms with E-state index in [1.807, 2.05) is 6.07 Å². The lowest BCUT2D eigenvalue weighted by Crippen LogP contribution is -2.09. The first-order valence-corrected chi connectivity index (χ1v) is 5.75. The topological polar surface area (TPSA) is 50.8 Å². The molecule has 1 N–H and O–H groups in total. The molecule has 0 saturated carbocycles. The Morgan fingerprint density at radius 3 is 3.25 bits per heavy atom. The van der Waals surface area contributed by atoms with Crippen molar-refractivity contribution >= 4 is 11.2 Å². The lowest BCUT2D eigenvalue weighted by molar-refractivity contribution is 0.110. The summed E-state index contributed by atoms with van der Waals surface area (Å²) in [6.07, 6.45) is 5.32. The molecule has 4 heteroatoms. The molecule has 0 aromatic carbocycles. The lowest BCUT2D eigenvalue weighted by atomic mass is 10.2. The predicted octanol–water partition coefficient (Wildman–Crippen LogP) is 1.99. The van der Waals surface area contributed by atoms with Crippen molar-refractivity contribution in [1.82, 2.24) is 15.0 Å². The van der Waals surface area contributed by atoms with Gasteiger partial charge in [0, 0.05) is 19.2 Å². The molecule has 0 bridgehead atoms. The normalized spacial score (nSPS) is 20.7. The average Bonchev–Trinajstić information content (AvgIpc) is 2.88. The fraction of sp³-hybridized carbons (Fsp3) is 0.500. The second kappa shape index (κ2) is 3.87. The van der Waals surface area contributed by atoms with Gasteiger partial charge >= 0.3 is 0 Å². The number of H-pyrrole nitrogens is 1. The fourth-order valence-corrected chi connectivity index (χ4v) is 2.20. The molecule has 0 spiro atoms. The number of ether oxygens (including phenoxy) is 1. The number of imidazole rings is 1. The highest BCUT2D eigenvalue weighted by Gasteiger charge is 2.18. The Hall–Kier alpha value is -1.42. The van der Waals surface area contributed by atoms with Gasteiger partial charge in [-0.05, 0) is 31.4 Å². The Morgan fingerprint density at radius 2 is 2.50 bits per heavy atom. The molecule has 2 aromatic heterocycles. The van der Waals surface area contributed by atoms with Crippen LogP contribution in [0.1, 0.15) is 24.2 Å². The van der Waals surface area contributed by atoms with Crippen LogP contribution < -0.4 is 0 Å². The van der Waals surface area contributed by atoms with E-state index in [1.165, 1.54) is 12.0 Å². The first kappa shape index (κ1) is 9.78. The number of hydrogen-bond donors (Lipinski definition) is 1. The smallest absolute Gasteiger partial charge is 0.177 e. The van der Waals surface area contributed by atoms with E-state index >= 15 is 0 Å². The Morgan fingerprint density at radius 1 is 1.56 bits per heavy atom. The summed E-state index contributed by atoms with van der Waals surface area (Å²) < 4.78 is 5.60. The lowest BCUT2D eigenvalue weighted by Gasteiger charge is -2.05. The van der Waals surface area contributed by atoms with Gasteiger partial charge in [0.15, 0.2) is 5.65 Å². The SMILES string of the molecule is Cc1ccnc2nc(CC3CCCO3)[nH]c12. The third-order valence-electron chi connectivity index (χ3n) is 3.09. The second-order valence-corrected chi connectivity index (χ2v) is 4.35. The van der Waals surface area contributed by atoms with E-state index in [-0.39, 0.29) is 0 Å². The van der Waals surface area contributed by atoms with Crippen LogP contribution in [0.4, 0.5) is 0 Å². The number of aromatic amines is 1. The van der Waals surface area contributed by atoms with Gasteiger partial charge in [0.05, 0.1) is 11.6 Å². The van der Waals surface area contributed by atoms with Gasteiger partial charge in [-0.3, -0.25) is 0 Å². The quantitative estimate of drug-likeness (QED) is 0.836. The van der Waals surface area contributed by atoms with Gasteiger partial charge in [-0.15, -0.1) is 0 Å². The molecule has 1 fully saturated rings. The number of fused-ring (bicyclic) bond motifs is 1. The summed E-state index contributed by atoms with van der Waals surface area (Å²) in [5.74, 6) is 0.990. The van der Waals surface area contributed by atoms with Crippen LogP contribution in [0.15, 0.2) is 12.3 Å². The molecule has 84 valence electrons. The maximum absolute atomic E-state index is 5.60. The highest BCUT2D eigenvalue weighted by Crippen LogP contribution is 2.18.